The minimum atomic E-state index is -0.666. The number of allylic oxidation sites excluding steroid dienone is 2. The number of anilines is 1. The van der Waals surface area contributed by atoms with Crippen molar-refractivity contribution in [1.29, 1.82) is 0 Å². The number of benzene rings is 2. The van der Waals surface area contributed by atoms with Crippen molar-refractivity contribution in [3.8, 4) is 11.3 Å². The van der Waals surface area contributed by atoms with Gasteiger partial charge in [-0.25, -0.2) is 9.78 Å². The fourth-order valence-corrected chi connectivity index (χ4v) is 6.99. The molecular formula is C31H21ClN2O5S. The molecule has 4 unspecified atom stereocenters. The van der Waals surface area contributed by atoms with Crippen LogP contribution in [0.3, 0.4) is 0 Å². The predicted molar refractivity (Wildman–Crippen MR) is 151 cm³/mol. The van der Waals surface area contributed by atoms with Gasteiger partial charge in [0.2, 0.25) is 17.6 Å². The molecule has 198 valence electrons. The summed E-state index contributed by atoms with van der Waals surface area (Å²) in [6, 6.07) is 17.1. The zero-order valence-electron chi connectivity index (χ0n) is 21.0. The van der Waals surface area contributed by atoms with Crippen LogP contribution in [0.2, 0.25) is 5.02 Å². The summed E-state index contributed by atoms with van der Waals surface area (Å²) in [7, 11) is 0. The highest BCUT2D eigenvalue weighted by molar-refractivity contribution is 7.12. The van der Waals surface area contributed by atoms with E-state index in [9.17, 15) is 19.2 Å². The summed E-state index contributed by atoms with van der Waals surface area (Å²) in [6.07, 6.45) is 5.02. The standard InChI is InChI=1S/C31H21ClN2O5S/c32-19-7-10-23-21(13-19)22(31(38)39-15-25(35)26-2-1-11-40-26)14-24(33-23)16-5-8-20(9-6-16)34-29(36)27-17-3-4-18(12-17)28(27)30(34)37/h1-11,13-14,17-18,27-28H,12,15H2. The third-order valence-corrected chi connectivity index (χ3v) is 9.16. The number of carbonyl (C=O) groups excluding carboxylic acids is 4. The Morgan fingerprint density at radius 3 is 2.38 bits per heavy atom. The van der Waals surface area contributed by atoms with E-state index < -0.39 is 5.97 Å². The lowest BCUT2D eigenvalue weighted by atomic mass is 9.85. The summed E-state index contributed by atoms with van der Waals surface area (Å²) >= 11 is 7.50. The molecule has 7 rings (SSSR count). The Kier molecular flexibility index (Phi) is 5.91. The second kappa shape index (κ2) is 9.50. The largest absolute Gasteiger partial charge is 0.454 e. The van der Waals surface area contributed by atoms with Gasteiger partial charge >= 0.3 is 5.97 Å². The van der Waals surface area contributed by atoms with Gasteiger partial charge in [0.25, 0.3) is 0 Å². The van der Waals surface area contributed by atoms with Gasteiger partial charge in [-0.2, -0.15) is 0 Å². The van der Waals surface area contributed by atoms with E-state index >= 15 is 0 Å². The number of halogens is 1. The van der Waals surface area contributed by atoms with Crippen molar-refractivity contribution in [2.45, 2.75) is 6.42 Å². The molecule has 1 aliphatic heterocycles. The number of ketones is 1. The molecule has 2 aromatic carbocycles. The molecule has 0 radical (unpaired) electrons. The molecule has 0 spiro atoms. The van der Waals surface area contributed by atoms with Crippen LogP contribution < -0.4 is 4.90 Å². The Hall–Kier alpha value is -4.14. The highest BCUT2D eigenvalue weighted by Gasteiger charge is 2.59. The van der Waals surface area contributed by atoms with Crippen LogP contribution in [-0.4, -0.2) is 35.2 Å². The first-order valence-electron chi connectivity index (χ1n) is 12.9. The Morgan fingerprint density at radius 1 is 0.975 bits per heavy atom. The van der Waals surface area contributed by atoms with Gasteiger partial charge in [0.05, 0.1) is 39.2 Å². The first-order valence-corrected chi connectivity index (χ1v) is 14.2. The number of imide groups is 1. The molecule has 1 saturated carbocycles. The maximum absolute atomic E-state index is 13.2. The van der Waals surface area contributed by atoms with Gasteiger partial charge in [-0.1, -0.05) is 42.0 Å². The molecule has 40 heavy (non-hydrogen) atoms. The molecule has 2 aliphatic carbocycles. The van der Waals surface area contributed by atoms with E-state index in [0.29, 0.717) is 37.7 Å². The minimum absolute atomic E-state index is 0.137. The summed E-state index contributed by atoms with van der Waals surface area (Å²) in [4.78, 5) is 58.5. The van der Waals surface area contributed by atoms with E-state index in [1.54, 1.807) is 66.0 Å². The quantitative estimate of drug-likeness (QED) is 0.123. The van der Waals surface area contributed by atoms with E-state index in [2.05, 4.69) is 12.2 Å². The number of rotatable bonds is 6. The second-order valence-electron chi connectivity index (χ2n) is 10.3. The number of Topliss-reactive ketones (excluding diaryl/α,β-unsaturated/α-hetero) is 1. The second-order valence-corrected chi connectivity index (χ2v) is 11.6. The summed E-state index contributed by atoms with van der Waals surface area (Å²) in [5, 5.41) is 2.72. The molecule has 4 atom stereocenters. The smallest absolute Gasteiger partial charge is 0.339 e. The summed E-state index contributed by atoms with van der Waals surface area (Å²) < 4.78 is 5.38. The predicted octanol–water partition coefficient (Wildman–Crippen LogP) is 5.97. The van der Waals surface area contributed by atoms with Crippen molar-refractivity contribution >= 4 is 63.1 Å². The number of esters is 1. The zero-order valence-corrected chi connectivity index (χ0v) is 22.5. The van der Waals surface area contributed by atoms with Crippen molar-refractivity contribution in [3.05, 3.63) is 93.7 Å². The van der Waals surface area contributed by atoms with Crippen LogP contribution in [0.4, 0.5) is 5.69 Å². The molecule has 1 saturated heterocycles. The summed E-state index contributed by atoms with van der Waals surface area (Å²) in [5.41, 5.74) is 2.46. The molecule has 4 aromatic rings. The maximum atomic E-state index is 13.2. The van der Waals surface area contributed by atoms with Gasteiger partial charge in [0.15, 0.2) is 6.61 Å². The van der Waals surface area contributed by atoms with Crippen LogP contribution >= 0.6 is 22.9 Å². The molecule has 9 heteroatoms. The normalized spacial score (nSPS) is 22.8. The lowest BCUT2D eigenvalue weighted by Crippen LogP contribution is -2.32. The van der Waals surface area contributed by atoms with Gasteiger partial charge in [0.1, 0.15) is 0 Å². The molecule has 2 amide bonds. The summed E-state index contributed by atoms with van der Waals surface area (Å²) in [6.45, 7) is -0.384. The van der Waals surface area contributed by atoms with Crippen molar-refractivity contribution in [3.63, 3.8) is 0 Å². The van der Waals surface area contributed by atoms with Crippen LogP contribution in [0.15, 0.2) is 78.2 Å². The molecular weight excluding hydrogens is 548 g/mol. The van der Waals surface area contributed by atoms with Gasteiger partial charge in [-0.3, -0.25) is 19.3 Å². The third kappa shape index (κ3) is 3.98. The first-order chi connectivity index (χ1) is 19.4. The number of fused-ring (bicyclic) bond motifs is 6. The first kappa shape index (κ1) is 24.9. The van der Waals surface area contributed by atoms with Gasteiger partial charge in [-0.15, -0.1) is 11.3 Å². The lowest BCUT2D eigenvalue weighted by molar-refractivity contribution is -0.123. The summed E-state index contributed by atoms with van der Waals surface area (Å²) in [5.74, 6) is -1.47. The van der Waals surface area contributed by atoms with Crippen molar-refractivity contribution in [2.75, 3.05) is 11.5 Å². The number of nitrogens with zero attached hydrogens (tertiary/aromatic N) is 2. The molecule has 3 heterocycles. The highest BCUT2D eigenvalue weighted by Crippen LogP contribution is 2.53. The van der Waals surface area contributed by atoms with Crippen molar-refractivity contribution in [2.24, 2.45) is 23.7 Å². The number of aromatic nitrogens is 1. The van der Waals surface area contributed by atoms with E-state index in [4.69, 9.17) is 21.3 Å². The van der Waals surface area contributed by atoms with Crippen molar-refractivity contribution in [1.82, 2.24) is 4.98 Å². The maximum Gasteiger partial charge on any atom is 0.339 e. The number of hydrogen-bond acceptors (Lipinski definition) is 7. The Bertz CT molecular complexity index is 1720. The number of carbonyl (C=O) groups is 4. The number of hydrogen-bond donors (Lipinski definition) is 0. The van der Waals surface area contributed by atoms with Crippen molar-refractivity contribution < 1.29 is 23.9 Å². The number of thiophene rings is 1. The van der Waals surface area contributed by atoms with Crippen LogP contribution in [-0.2, 0) is 14.3 Å². The van der Waals surface area contributed by atoms with Crippen LogP contribution in [0.1, 0.15) is 26.5 Å². The van der Waals surface area contributed by atoms with Gasteiger partial charge in [0, 0.05) is 16.0 Å². The average molecular weight is 569 g/mol. The van der Waals surface area contributed by atoms with E-state index in [0.717, 1.165) is 6.42 Å². The van der Waals surface area contributed by atoms with Crippen LogP contribution in [0.25, 0.3) is 22.2 Å². The molecule has 2 bridgehead atoms. The monoisotopic (exact) mass is 568 g/mol. The van der Waals surface area contributed by atoms with E-state index in [-0.39, 0.29) is 53.4 Å². The number of ether oxygens (including phenoxy) is 1. The SMILES string of the molecule is O=C(COC(=O)c1cc(-c2ccc(N3C(=O)C4C5C=CC(C5)C4C3=O)cc2)nc2ccc(Cl)cc12)c1cccs1. The number of pyridine rings is 1. The molecule has 2 aromatic heterocycles. The molecule has 7 nitrogen and oxygen atoms in total. The fraction of sp³-hybridized carbons (Fsp3) is 0.194. The van der Waals surface area contributed by atoms with E-state index in [1.165, 1.54) is 16.2 Å². The van der Waals surface area contributed by atoms with Gasteiger partial charge in [-0.05, 0) is 66.1 Å². The topological polar surface area (TPSA) is 93.6 Å². The molecule has 2 fully saturated rings. The minimum Gasteiger partial charge on any atom is -0.454 e. The molecule has 0 N–H and O–H groups in total. The lowest BCUT2D eigenvalue weighted by Gasteiger charge is -2.17. The van der Waals surface area contributed by atoms with Gasteiger partial charge < -0.3 is 4.74 Å². The number of amides is 2. The zero-order chi connectivity index (χ0) is 27.5. The molecule has 3 aliphatic rings. The van der Waals surface area contributed by atoms with Crippen LogP contribution in [0, 0.1) is 23.7 Å². The average Bonchev–Trinajstić information content (AvgIpc) is 3.77. The Labute approximate surface area is 238 Å². The van der Waals surface area contributed by atoms with E-state index in [1.807, 2.05) is 0 Å². The Balaban J connectivity index is 1.18. The van der Waals surface area contributed by atoms with Crippen LogP contribution in [0.5, 0.6) is 0 Å². The highest BCUT2D eigenvalue weighted by atomic mass is 35.5. The Morgan fingerprint density at radius 2 is 1.70 bits per heavy atom. The third-order valence-electron chi connectivity index (χ3n) is 8.01. The fourth-order valence-electron chi connectivity index (χ4n) is 6.17.